The summed E-state index contributed by atoms with van der Waals surface area (Å²) in [6.07, 6.45) is -0.486. The van der Waals surface area contributed by atoms with Crippen LogP contribution in [0.15, 0.2) is 12.7 Å². The van der Waals surface area contributed by atoms with E-state index in [0.717, 1.165) is 12.8 Å². The van der Waals surface area contributed by atoms with Crippen molar-refractivity contribution in [2.45, 2.75) is 96.5 Å². The molecule has 2 heterocycles. The Labute approximate surface area is 157 Å². The van der Waals surface area contributed by atoms with Crippen LogP contribution in [0.2, 0.25) is 0 Å². The first kappa shape index (κ1) is 21.8. The summed E-state index contributed by atoms with van der Waals surface area (Å²) in [6.45, 7) is 14.0. The zero-order chi connectivity index (χ0) is 19.4. The van der Waals surface area contributed by atoms with Gasteiger partial charge in [0.1, 0.15) is 12.2 Å². The van der Waals surface area contributed by atoms with Crippen LogP contribution in [0, 0.1) is 11.8 Å². The highest BCUT2D eigenvalue weighted by Gasteiger charge is 2.48. The third-order valence-electron chi connectivity index (χ3n) is 5.84. The van der Waals surface area contributed by atoms with Crippen molar-refractivity contribution in [1.29, 1.82) is 0 Å². The van der Waals surface area contributed by atoms with Gasteiger partial charge < -0.3 is 29.2 Å². The van der Waals surface area contributed by atoms with E-state index < -0.39 is 30.7 Å². The van der Waals surface area contributed by atoms with E-state index in [2.05, 4.69) is 13.5 Å². The van der Waals surface area contributed by atoms with E-state index in [1.807, 2.05) is 27.7 Å². The summed E-state index contributed by atoms with van der Waals surface area (Å²) in [5.74, 6) is 0.0307. The van der Waals surface area contributed by atoms with E-state index in [0.29, 0.717) is 6.61 Å². The summed E-state index contributed by atoms with van der Waals surface area (Å²) >= 11 is 0. The molecule has 6 heteroatoms. The summed E-state index contributed by atoms with van der Waals surface area (Å²) in [5.41, 5.74) is 0. The Hall–Kier alpha value is -0.500. The lowest BCUT2D eigenvalue weighted by Crippen LogP contribution is -2.60. The number of hydrogen-bond donors (Lipinski definition) is 2. The highest BCUT2D eigenvalue weighted by Crippen LogP contribution is 2.35. The Morgan fingerprint density at radius 2 is 1.50 bits per heavy atom. The summed E-state index contributed by atoms with van der Waals surface area (Å²) in [4.78, 5) is 0. The van der Waals surface area contributed by atoms with Crippen molar-refractivity contribution >= 4 is 0 Å². The Kier molecular flexibility index (Phi) is 8.07. The molecule has 2 aliphatic heterocycles. The number of rotatable bonds is 7. The van der Waals surface area contributed by atoms with Gasteiger partial charge in [0.05, 0.1) is 37.1 Å². The first-order valence-corrected chi connectivity index (χ1v) is 9.90. The van der Waals surface area contributed by atoms with Crippen LogP contribution in [0.25, 0.3) is 0 Å². The van der Waals surface area contributed by atoms with E-state index in [1.165, 1.54) is 0 Å². The number of aliphatic hydroxyl groups excluding tert-OH is 2. The van der Waals surface area contributed by atoms with Gasteiger partial charge in [-0.1, -0.05) is 33.8 Å². The normalized spacial score (nSPS) is 46.9. The van der Waals surface area contributed by atoms with Crippen LogP contribution in [-0.4, -0.2) is 65.8 Å². The fourth-order valence-corrected chi connectivity index (χ4v) is 4.16. The van der Waals surface area contributed by atoms with Crippen molar-refractivity contribution in [3.63, 3.8) is 0 Å². The van der Waals surface area contributed by atoms with Crippen LogP contribution in [-0.2, 0) is 18.9 Å². The van der Waals surface area contributed by atoms with E-state index in [9.17, 15) is 10.2 Å². The molecule has 0 spiro atoms. The third kappa shape index (κ3) is 4.49. The molecule has 0 radical (unpaired) electrons. The second-order valence-electron chi connectivity index (χ2n) is 7.63. The Balaban J connectivity index is 2.15. The first-order chi connectivity index (χ1) is 12.3. The van der Waals surface area contributed by atoms with Crippen molar-refractivity contribution in [2.75, 3.05) is 6.61 Å². The maximum Gasteiger partial charge on any atom is 0.186 e. The molecule has 0 amide bonds. The van der Waals surface area contributed by atoms with Crippen LogP contribution < -0.4 is 0 Å². The molecule has 2 N–H and O–H groups in total. The SMILES string of the molecule is C=CCO[C@@H]1C(O)[C@H](O[C@@H]2C(O)[C@H](C)OC(CC)[C@H]2C)OC(CC)[C@H]1C. The molecule has 2 saturated heterocycles. The van der Waals surface area contributed by atoms with Crippen LogP contribution >= 0.6 is 0 Å². The van der Waals surface area contributed by atoms with Crippen LogP contribution in [0.1, 0.15) is 47.5 Å². The monoisotopic (exact) mass is 372 g/mol. The Bertz CT molecular complexity index is 444. The van der Waals surface area contributed by atoms with Gasteiger partial charge in [0.2, 0.25) is 0 Å². The lowest BCUT2D eigenvalue weighted by atomic mass is 9.86. The van der Waals surface area contributed by atoms with E-state index in [4.69, 9.17) is 18.9 Å². The van der Waals surface area contributed by atoms with Crippen LogP contribution in [0.3, 0.4) is 0 Å². The molecule has 0 saturated carbocycles. The van der Waals surface area contributed by atoms with Crippen LogP contribution in [0.5, 0.6) is 0 Å². The molecule has 10 atom stereocenters. The zero-order valence-electron chi connectivity index (χ0n) is 16.7. The molecular weight excluding hydrogens is 336 g/mol. The minimum atomic E-state index is -0.926. The molecule has 2 aliphatic rings. The zero-order valence-corrected chi connectivity index (χ0v) is 16.7. The fraction of sp³-hybridized carbons (Fsp3) is 0.900. The van der Waals surface area contributed by atoms with Gasteiger partial charge in [-0.25, -0.2) is 0 Å². The third-order valence-corrected chi connectivity index (χ3v) is 5.84. The van der Waals surface area contributed by atoms with E-state index in [1.54, 1.807) is 6.08 Å². The van der Waals surface area contributed by atoms with Crippen molar-refractivity contribution in [3.8, 4) is 0 Å². The quantitative estimate of drug-likeness (QED) is 0.668. The van der Waals surface area contributed by atoms with Crippen molar-refractivity contribution in [3.05, 3.63) is 12.7 Å². The van der Waals surface area contributed by atoms with Crippen molar-refractivity contribution in [2.24, 2.45) is 11.8 Å². The van der Waals surface area contributed by atoms with Gasteiger partial charge in [-0.2, -0.15) is 0 Å². The molecule has 0 aliphatic carbocycles. The highest BCUT2D eigenvalue weighted by molar-refractivity contribution is 4.93. The maximum absolute atomic E-state index is 10.8. The largest absolute Gasteiger partial charge is 0.388 e. The fourth-order valence-electron chi connectivity index (χ4n) is 4.16. The number of hydrogen-bond acceptors (Lipinski definition) is 6. The standard InChI is InChI=1S/C20H36O6/c1-7-10-23-18-11(4)15(9-3)25-20(17(18)22)26-19-12(5)14(8-2)24-13(6)16(19)21/h7,11-22H,1,8-10H2,2-6H3/t11-,12-,13+,14?,15?,16?,17?,18+,19+,20+/m1/s1. The molecular formula is C20H36O6. The number of aliphatic hydroxyl groups is 2. The van der Waals surface area contributed by atoms with Crippen molar-refractivity contribution < 1.29 is 29.2 Å². The minimum Gasteiger partial charge on any atom is -0.388 e. The molecule has 0 aromatic carbocycles. The summed E-state index contributed by atoms with van der Waals surface area (Å²) < 4.78 is 23.9. The molecule has 6 nitrogen and oxygen atoms in total. The summed E-state index contributed by atoms with van der Waals surface area (Å²) in [7, 11) is 0. The van der Waals surface area contributed by atoms with Crippen LogP contribution in [0.4, 0.5) is 0 Å². The van der Waals surface area contributed by atoms with Gasteiger partial charge >= 0.3 is 0 Å². The number of ether oxygens (including phenoxy) is 4. The average molecular weight is 373 g/mol. The highest BCUT2D eigenvalue weighted by atomic mass is 16.7. The van der Waals surface area contributed by atoms with E-state index >= 15 is 0 Å². The lowest BCUT2D eigenvalue weighted by Gasteiger charge is -2.48. The average Bonchev–Trinajstić information content (AvgIpc) is 2.63. The summed E-state index contributed by atoms with van der Waals surface area (Å²) in [6, 6.07) is 0. The Morgan fingerprint density at radius 1 is 0.923 bits per heavy atom. The molecule has 2 rings (SSSR count). The van der Waals surface area contributed by atoms with Gasteiger partial charge in [0.25, 0.3) is 0 Å². The van der Waals surface area contributed by atoms with Gasteiger partial charge in [-0.3, -0.25) is 0 Å². The van der Waals surface area contributed by atoms with Gasteiger partial charge in [0.15, 0.2) is 6.29 Å². The van der Waals surface area contributed by atoms with Gasteiger partial charge in [-0.15, -0.1) is 6.58 Å². The molecule has 0 aromatic heterocycles. The molecule has 4 unspecified atom stereocenters. The van der Waals surface area contributed by atoms with Gasteiger partial charge in [0, 0.05) is 11.8 Å². The van der Waals surface area contributed by atoms with E-state index in [-0.39, 0.29) is 30.1 Å². The molecule has 0 bridgehead atoms. The molecule has 26 heavy (non-hydrogen) atoms. The minimum absolute atomic E-state index is 0.00558. The predicted octanol–water partition coefficient (Wildman–Crippen LogP) is 2.27. The second kappa shape index (κ2) is 9.62. The Morgan fingerprint density at radius 3 is 2.08 bits per heavy atom. The summed E-state index contributed by atoms with van der Waals surface area (Å²) in [5, 5.41) is 21.4. The lowest BCUT2D eigenvalue weighted by molar-refractivity contribution is -0.327. The van der Waals surface area contributed by atoms with Crippen molar-refractivity contribution in [1.82, 2.24) is 0 Å². The predicted molar refractivity (Wildman–Crippen MR) is 98.7 cm³/mol. The van der Waals surface area contributed by atoms with Gasteiger partial charge in [-0.05, 0) is 19.8 Å². The molecule has 0 aromatic rings. The smallest absolute Gasteiger partial charge is 0.186 e. The molecule has 152 valence electrons. The molecule has 2 fully saturated rings. The maximum atomic E-state index is 10.8. The topological polar surface area (TPSA) is 77.4 Å². The first-order valence-electron chi connectivity index (χ1n) is 9.90. The second-order valence-corrected chi connectivity index (χ2v) is 7.63.